The number of thioether (sulfide) groups is 1. The van der Waals surface area contributed by atoms with Crippen LogP contribution in [0.1, 0.15) is 13.8 Å². The smallest absolute Gasteiger partial charge is 0.271 e. The number of hydrogen-bond donors (Lipinski definition) is 2. The second-order valence-corrected chi connectivity index (χ2v) is 8.88. The Bertz CT molecular complexity index is 1110. The molecule has 12 heteroatoms. The maximum absolute atomic E-state index is 12.6. The van der Waals surface area contributed by atoms with Crippen LogP contribution in [0, 0.1) is 10.1 Å². The van der Waals surface area contributed by atoms with Crippen LogP contribution in [-0.2, 0) is 4.79 Å². The van der Waals surface area contributed by atoms with Crippen molar-refractivity contribution in [3.63, 3.8) is 0 Å². The molecule has 1 atom stereocenters. The molecule has 0 aliphatic heterocycles. The largest absolute Gasteiger partial charge is 0.495 e. The van der Waals surface area contributed by atoms with Gasteiger partial charge in [-0.3, -0.25) is 14.9 Å². The molecule has 32 heavy (non-hydrogen) atoms. The molecule has 0 radical (unpaired) electrons. The van der Waals surface area contributed by atoms with E-state index in [2.05, 4.69) is 20.8 Å². The van der Waals surface area contributed by atoms with Crippen molar-refractivity contribution < 1.29 is 19.2 Å². The quantitative estimate of drug-likeness (QED) is 0.243. The van der Waals surface area contributed by atoms with E-state index in [1.807, 2.05) is 31.2 Å². The highest BCUT2D eigenvalue weighted by atomic mass is 32.2. The standard InChI is InChI=1S/C20H21N5O5S2/c1-4-30-17-8-6-5-7-14(17)22-19-23-24-20(32-19)31-12(2)18(26)21-15-11-13(25(27)28)9-10-16(15)29-3/h5-12H,4H2,1-3H3,(H,21,26)(H,22,23)/t12-/m1/s1. The summed E-state index contributed by atoms with van der Waals surface area (Å²) in [5.41, 5.74) is 0.852. The highest BCUT2D eigenvalue weighted by Gasteiger charge is 2.20. The fourth-order valence-corrected chi connectivity index (χ4v) is 4.53. The predicted molar refractivity (Wildman–Crippen MR) is 124 cm³/mol. The molecule has 0 saturated heterocycles. The molecule has 168 valence electrons. The Hall–Kier alpha value is -3.38. The summed E-state index contributed by atoms with van der Waals surface area (Å²) >= 11 is 2.53. The Balaban J connectivity index is 1.65. The average Bonchev–Trinajstić information content (AvgIpc) is 3.21. The molecule has 2 N–H and O–H groups in total. The van der Waals surface area contributed by atoms with Gasteiger partial charge in [0.2, 0.25) is 11.0 Å². The van der Waals surface area contributed by atoms with Gasteiger partial charge in [0.25, 0.3) is 5.69 Å². The molecule has 0 aliphatic carbocycles. The van der Waals surface area contributed by atoms with Crippen LogP contribution in [-0.4, -0.2) is 40.0 Å². The van der Waals surface area contributed by atoms with E-state index in [9.17, 15) is 14.9 Å². The Morgan fingerprint density at radius 3 is 2.72 bits per heavy atom. The van der Waals surface area contributed by atoms with E-state index in [4.69, 9.17) is 9.47 Å². The minimum Gasteiger partial charge on any atom is -0.495 e. The van der Waals surface area contributed by atoms with E-state index in [0.29, 0.717) is 27.6 Å². The van der Waals surface area contributed by atoms with Crippen molar-refractivity contribution in [2.45, 2.75) is 23.4 Å². The van der Waals surface area contributed by atoms with Gasteiger partial charge >= 0.3 is 0 Å². The first-order valence-corrected chi connectivity index (χ1v) is 11.2. The van der Waals surface area contributed by atoms with Gasteiger partial charge in [0.15, 0.2) is 4.34 Å². The highest BCUT2D eigenvalue weighted by molar-refractivity contribution is 8.02. The zero-order chi connectivity index (χ0) is 23.1. The minimum atomic E-state index is -0.535. The van der Waals surface area contributed by atoms with Crippen LogP contribution in [0.15, 0.2) is 46.8 Å². The van der Waals surface area contributed by atoms with Crippen molar-refractivity contribution in [2.75, 3.05) is 24.4 Å². The predicted octanol–water partition coefficient (Wildman–Crippen LogP) is 4.72. The Kier molecular flexibility index (Phi) is 7.84. The van der Waals surface area contributed by atoms with E-state index < -0.39 is 10.2 Å². The van der Waals surface area contributed by atoms with Gasteiger partial charge in [0.05, 0.1) is 35.3 Å². The van der Waals surface area contributed by atoms with Crippen molar-refractivity contribution >= 4 is 51.2 Å². The number of carbonyl (C=O) groups excluding carboxylic acids is 1. The van der Waals surface area contributed by atoms with Crippen LogP contribution in [0.2, 0.25) is 0 Å². The molecule has 0 aliphatic rings. The molecule has 3 aromatic rings. The molecule has 0 bridgehead atoms. The zero-order valence-electron chi connectivity index (χ0n) is 17.5. The molecule has 10 nitrogen and oxygen atoms in total. The van der Waals surface area contributed by atoms with Crippen LogP contribution in [0.4, 0.5) is 22.2 Å². The van der Waals surface area contributed by atoms with Crippen LogP contribution in [0.25, 0.3) is 0 Å². The minimum absolute atomic E-state index is 0.145. The second kappa shape index (κ2) is 10.8. The lowest BCUT2D eigenvalue weighted by molar-refractivity contribution is -0.384. The van der Waals surface area contributed by atoms with Crippen molar-refractivity contribution in [2.24, 2.45) is 0 Å². The van der Waals surface area contributed by atoms with Gasteiger partial charge in [-0.2, -0.15) is 0 Å². The Labute approximate surface area is 192 Å². The molecule has 1 amide bonds. The molecule has 3 rings (SSSR count). The van der Waals surface area contributed by atoms with E-state index in [1.165, 1.54) is 48.4 Å². The van der Waals surface area contributed by atoms with Gasteiger partial charge in [0, 0.05) is 12.1 Å². The molecular weight excluding hydrogens is 454 g/mol. The third-order valence-corrected chi connectivity index (χ3v) is 6.16. The first kappa shape index (κ1) is 23.3. The van der Waals surface area contributed by atoms with Crippen molar-refractivity contribution in [1.82, 2.24) is 10.2 Å². The lowest BCUT2D eigenvalue weighted by atomic mass is 10.2. The van der Waals surface area contributed by atoms with E-state index in [1.54, 1.807) is 6.92 Å². The number of amides is 1. The molecular formula is C20H21N5O5S2. The van der Waals surface area contributed by atoms with E-state index in [-0.39, 0.29) is 17.3 Å². The zero-order valence-corrected chi connectivity index (χ0v) is 19.2. The van der Waals surface area contributed by atoms with E-state index >= 15 is 0 Å². The number of nitrogens with zero attached hydrogens (tertiary/aromatic N) is 3. The van der Waals surface area contributed by atoms with Gasteiger partial charge < -0.3 is 20.1 Å². The number of rotatable bonds is 10. The summed E-state index contributed by atoms with van der Waals surface area (Å²) in [5.74, 6) is 0.690. The van der Waals surface area contributed by atoms with Crippen molar-refractivity contribution in [3.05, 3.63) is 52.6 Å². The summed E-state index contributed by atoms with van der Waals surface area (Å²) in [6, 6.07) is 11.5. The fourth-order valence-electron chi connectivity index (χ4n) is 2.62. The average molecular weight is 476 g/mol. The lowest BCUT2D eigenvalue weighted by Crippen LogP contribution is -2.22. The Morgan fingerprint density at radius 1 is 1.22 bits per heavy atom. The van der Waals surface area contributed by atoms with Crippen LogP contribution < -0.4 is 20.1 Å². The number of nitrogens with one attached hydrogen (secondary N) is 2. The summed E-state index contributed by atoms with van der Waals surface area (Å²) in [7, 11) is 1.43. The van der Waals surface area contributed by atoms with Crippen molar-refractivity contribution in [1.29, 1.82) is 0 Å². The van der Waals surface area contributed by atoms with Crippen LogP contribution >= 0.6 is 23.1 Å². The lowest BCUT2D eigenvalue weighted by Gasteiger charge is -2.13. The maximum atomic E-state index is 12.6. The number of aromatic nitrogens is 2. The Morgan fingerprint density at radius 2 is 2.00 bits per heavy atom. The monoisotopic (exact) mass is 475 g/mol. The number of hydrogen-bond acceptors (Lipinski definition) is 10. The normalized spacial score (nSPS) is 11.5. The molecule has 1 heterocycles. The number of nitro groups is 1. The van der Waals surface area contributed by atoms with Gasteiger partial charge in [-0.25, -0.2) is 0 Å². The topological polar surface area (TPSA) is 129 Å². The third kappa shape index (κ3) is 5.86. The summed E-state index contributed by atoms with van der Waals surface area (Å²) in [4.78, 5) is 23.1. The van der Waals surface area contributed by atoms with Crippen molar-refractivity contribution in [3.8, 4) is 11.5 Å². The third-order valence-electron chi connectivity index (χ3n) is 4.13. The van der Waals surface area contributed by atoms with Gasteiger partial charge in [-0.15, -0.1) is 10.2 Å². The number of anilines is 3. The number of benzene rings is 2. The molecule has 1 aromatic heterocycles. The fraction of sp³-hybridized carbons (Fsp3) is 0.250. The first-order chi connectivity index (χ1) is 15.4. The summed E-state index contributed by atoms with van der Waals surface area (Å²) in [6.45, 7) is 4.16. The number of non-ortho nitro benzene ring substituents is 1. The number of nitro benzene ring substituents is 1. The molecule has 0 fully saturated rings. The summed E-state index contributed by atoms with van der Waals surface area (Å²) in [5, 5.41) is 25.2. The maximum Gasteiger partial charge on any atom is 0.271 e. The number of para-hydroxylation sites is 2. The highest BCUT2D eigenvalue weighted by Crippen LogP contribution is 2.34. The molecule has 0 unspecified atom stereocenters. The van der Waals surface area contributed by atoms with Gasteiger partial charge in [0.1, 0.15) is 11.5 Å². The van der Waals surface area contributed by atoms with Gasteiger partial charge in [-0.1, -0.05) is 35.2 Å². The van der Waals surface area contributed by atoms with Crippen LogP contribution in [0.5, 0.6) is 11.5 Å². The SMILES string of the molecule is CCOc1ccccc1Nc1nnc(S[C@H](C)C(=O)Nc2cc([N+](=O)[O-])ccc2OC)s1. The van der Waals surface area contributed by atoms with Gasteiger partial charge in [-0.05, 0) is 32.0 Å². The van der Waals surface area contributed by atoms with Crippen LogP contribution in [0.3, 0.4) is 0 Å². The number of methoxy groups -OCH3 is 1. The summed E-state index contributed by atoms with van der Waals surface area (Å²) in [6.07, 6.45) is 0. The second-order valence-electron chi connectivity index (χ2n) is 6.32. The molecule has 0 saturated carbocycles. The number of carbonyl (C=O) groups is 1. The molecule has 0 spiro atoms. The van der Waals surface area contributed by atoms with E-state index in [0.717, 1.165) is 5.69 Å². The number of ether oxygens (including phenoxy) is 2. The molecule has 2 aromatic carbocycles. The summed E-state index contributed by atoms with van der Waals surface area (Å²) < 4.78 is 11.4. The first-order valence-electron chi connectivity index (χ1n) is 9.53.